The van der Waals surface area contributed by atoms with Crippen LogP contribution in [0.5, 0.6) is 5.75 Å². The van der Waals surface area contributed by atoms with E-state index in [-0.39, 0.29) is 12.6 Å². The number of urea groups is 1. The van der Waals surface area contributed by atoms with Gasteiger partial charge >= 0.3 is 12.0 Å². The molecule has 0 saturated heterocycles. The molecule has 0 radical (unpaired) electrons. The van der Waals surface area contributed by atoms with Gasteiger partial charge in [0.15, 0.2) is 0 Å². The summed E-state index contributed by atoms with van der Waals surface area (Å²) in [6.07, 6.45) is 0. The van der Waals surface area contributed by atoms with E-state index in [1.54, 1.807) is 26.2 Å². The Labute approximate surface area is 176 Å². The van der Waals surface area contributed by atoms with E-state index in [2.05, 4.69) is 10.6 Å². The number of ether oxygens (including phenoxy) is 2. The highest BCUT2D eigenvalue weighted by Gasteiger charge is 2.34. The van der Waals surface area contributed by atoms with Crippen molar-refractivity contribution in [2.24, 2.45) is 0 Å². The van der Waals surface area contributed by atoms with E-state index in [9.17, 15) is 9.59 Å². The molecule has 2 N–H and O–H groups in total. The monoisotopic (exact) mass is 409 g/mol. The molecule has 2 aromatic carbocycles. The lowest BCUT2D eigenvalue weighted by Gasteiger charge is -2.31. The Morgan fingerprint density at radius 1 is 1.07 bits per heavy atom. The van der Waals surface area contributed by atoms with Gasteiger partial charge in [-0.15, -0.1) is 0 Å². The van der Waals surface area contributed by atoms with E-state index >= 15 is 0 Å². The van der Waals surface area contributed by atoms with Gasteiger partial charge in [-0.05, 0) is 37.2 Å². The van der Waals surface area contributed by atoms with Crippen molar-refractivity contribution < 1.29 is 19.1 Å². The van der Waals surface area contributed by atoms with Crippen LogP contribution in [-0.2, 0) is 16.1 Å². The lowest BCUT2D eigenvalue weighted by Crippen LogP contribution is -2.48. The smallest absolute Gasteiger partial charge is 0.338 e. The summed E-state index contributed by atoms with van der Waals surface area (Å²) in [5.74, 6) is 0.248. The Kier molecular flexibility index (Phi) is 7.08. The fraction of sp³-hybridized carbons (Fsp3) is 0.304. The lowest BCUT2D eigenvalue weighted by molar-refractivity contribution is -0.139. The zero-order valence-corrected chi connectivity index (χ0v) is 17.5. The normalized spacial score (nSPS) is 16.1. The van der Waals surface area contributed by atoms with Crippen LogP contribution < -0.4 is 15.4 Å². The van der Waals surface area contributed by atoms with Crippen molar-refractivity contribution in [2.45, 2.75) is 19.5 Å². The third-order valence-corrected chi connectivity index (χ3v) is 4.82. The van der Waals surface area contributed by atoms with Gasteiger partial charge in [0.05, 0.1) is 25.3 Å². The topological polar surface area (TPSA) is 79.9 Å². The SMILES string of the molecule is CCOC(=O)C1=C(CN(C)Cc2ccccc2)NC(=O)N[C@@H]1c1ccc(OC)cc1. The zero-order valence-electron chi connectivity index (χ0n) is 17.5. The van der Waals surface area contributed by atoms with Gasteiger partial charge in [-0.3, -0.25) is 4.90 Å². The molecule has 2 aromatic rings. The molecule has 7 heteroatoms. The van der Waals surface area contributed by atoms with Crippen molar-refractivity contribution in [1.29, 1.82) is 0 Å². The first-order valence-electron chi connectivity index (χ1n) is 9.86. The van der Waals surface area contributed by atoms with E-state index in [0.717, 1.165) is 11.1 Å². The van der Waals surface area contributed by atoms with Crippen LogP contribution in [0.3, 0.4) is 0 Å². The highest BCUT2D eigenvalue weighted by Crippen LogP contribution is 2.29. The van der Waals surface area contributed by atoms with E-state index in [1.807, 2.05) is 54.4 Å². The van der Waals surface area contributed by atoms with Crippen LogP contribution in [0.15, 0.2) is 65.9 Å². The number of rotatable bonds is 8. The molecule has 3 rings (SSSR count). The maximum atomic E-state index is 12.8. The number of carbonyl (C=O) groups excluding carboxylic acids is 2. The Bertz CT molecular complexity index is 910. The summed E-state index contributed by atoms with van der Waals surface area (Å²) in [6, 6.07) is 16.3. The molecule has 0 aromatic heterocycles. The first-order valence-corrected chi connectivity index (χ1v) is 9.86. The lowest BCUT2D eigenvalue weighted by atomic mass is 9.95. The Morgan fingerprint density at radius 2 is 1.77 bits per heavy atom. The molecule has 2 amide bonds. The minimum absolute atomic E-state index is 0.249. The molecule has 1 aliphatic rings. The molecule has 0 spiro atoms. The van der Waals surface area contributed by atoms with Crippen LogP contribution in [0.1, 0.15) is 24.1 Å². The molecular formula is C23H27N3O4. The average Bonchev–Trinajstić information content (AvgIpc) is 2.74. The van der Waals surface area contributed by atoms with Crippen molar-refractivity contribution in [3.8, 4) is 5.75 Å². The molecule has 0 bridgehead atoms. The van der Waals surface area contributed by atoms with Gasteiger partial charge in [-0.2, -0.15) is 0 Å². The van der Waals surface area contributed by atoms with Crippen LogP contribution in [0.4, 0.5) is 4.79 Å². The van der Waals surface area contributed by atoms with Gasteiger partial charge in [0.25, 0.3) is 0 Å². The molecule has 1 atom stereocenters. The molecular weight excluding hydrogens is 382 g/mol. The summed E-state index contributed by atoms with van der Waals surface area (Å²) in [4.78, 5) is 27.3. The second kappa shape index (κ2) is 9.93. The second-order valence-corrected chi connectivity index (χ2v) is 7.08. The third-order valence-electron chi connectivity index (χ3n) is 4.82. The maximum Gasteiger partial charge on any atom is 0.338 e. The fourth-order valence-corrected chi connectivity index (χ4v) is 3.46. The van der Waals surface area contributed by atoms with Gasteiger partial charge in [-0.25, -0.2) is 9.59 Å². The molecule has 7 nitrogen and oxygen atoms in total. The van der Waals surface area contributed by atoms with Crippen LogP contribution >= 0.6 is 0 Å². The van der Waals surface area contributed by atoms with Gasteiger partial charge in [0.1, 0.15) is 5.75 Å². The standard InChI is InChI=1S/C23H27N3O4/c1-4-30-22(27)20-19(15-26(2)14-16-8-6-5-7-9-16)24-23(28)25-21(20)17-10-12-18(29-3)13-11-17/h5-13,21H,4,14-15H2,1-3H3,(H2,24,25,28)/t21-/m1/s1. The average molecular weight is 409 g/mol. The molecule has 0 unspecified atom stereocenters. The number of esters is 1. The number of amides is 2. The van der Waals surface area contributed by atoms with Crippen LogP contribution in [0.2, 0.25) is 0 Å². The fourth-order valence-electron chi connectivity index (χ4n) is 3.46. The van der Waals surface area contributed by atoms with E-state index in [4.69, 9.17) is 9.47 Å². The first kappa shape index (κ1) is 21.4. The highest BCUT2D eigenvalue weighted by molar-refractivity contribution is 5.95. The number of nitrogens with zero attached hydrogens (tertiary/aromatic N) is 1. The molecule has 0 saturated carbocycles. The summed E-state index contributed by atoms with van der Waals surface area (Å²) < 4.78 is 10.5. The third kappa shape index (κ3) is 5.18. The van der Waals surface area contributed by atoms with Crippen molar-refractivity contribution in [3.05, 3.63) is 77.0 Å². The number of nitrogens with one attached hydrogen (secondary N) is 2. The highest BCUT2D eigenvalue weighted by atomic mass is 16.5. The van der Waals surface area contributed by atoms with E-state index in [1.165, 1.54) is 0 Å². The Morgan fingerprint density at radius 3 is 2.40 bits per heavy atom. The van der Waals surface area contributed by atoms with E-state index < -0.39 is 12.0 Å². The van der Waals surface area contributed by atoms with Crippen molar-refractivity contribution in [3.63, 3.8) is 0 Å². The van der Waals surface area contributed by atoms with Crippen LogP contribution in [-0.4, -0.2) is 44.2 Å². The van der Waals surface area contributed by atoms with Crippen molar-refractivity contribution in [1.82, 2.24) is 15.5 Å². The molecule has 1 heterocycles. The Balaban J connectivity index is 1.92. The quantitative estimate of drug-likeness (QED) is 0.655. The number of carbonyl (C=O) groups is 2. The molecule has 0 aliphatic carbocycles. The number of hydrogen-bond acceptors (Lipinski definition) is 5. The molecule has 1 aliphatic heterocycles. The van der Waals surface area contributed by atoms with Crippen LogP contribution in [0, 0.1) is 0 Å². The maximum absolute atomic E-state index is 12.8. The van der Waals surface area contributed by atoms with E-state index in [0.29, 0.717) is 30.1 Å². The van der Waals surface area contributed by atoms with Crippen LogP contribution in [0.25, 0.3) is 0 Å². The first-order chi connectivity index (χ1) is 14.5. The van der Waals surface area contributed by atoms with Crippen molar-refractivity contribution in [2.75, 3.05) is 27.3 Å². The number of likely N-dealkylation sites (N-methyl/N-ethyl adjacent to an activating group) is 1. The summed E-state index contributed by atoms with van der Waals surface area (Å²) >= 11 is 0. The molecule has 158 valence electrons. The predicted molar refractivity (Wildman–Crippen MR) is 114 cm³/mol. The van der Waals surface area contributed by atoms with Gasteiger partial charge in [-0.1, -0.05) is 42.5 Å². The number of benzene rings is 2. The van der Waals surface area contributed by atoms with Gasteiger partial charge < -0.3 is 20.1 Å². The summed E-state index contributed by atoms with van der Waals surface area (Å²) in [6.45, 7) is 3.08. The number of hydrogen-bond donors (Lipinski definition) is 2. The second-order valence-electron chi connectivity index (χ2n) is 7.08. The minimum atomic E-state index is -0.608. The largest absolute Gasteiger partial charge is 0.497 e. The zero-order chi connectivity index (χ0) is 21.5. The number of methoxy groups -OCH3 is 1. The summed E-state index contributed by atoms with van der Waals surface area (Å²) in [5.41, 5.74) is 2.86. The van der Waals surface area contributed by atoms with Crippen molar-refractivity contribution >= 4 is 12.0 Å². The minimum Gasteiger partial charge on any atom is -0.497 e. The summed E-state index contributed by atoms with van der Waals surface area (Å²) in [5, 5.41) is 5.65. The molecule has 0 fully saturated rings. The Hall–Kier alpha value is -3.32. The summed E-state index contributed by atoms with van der Waals surface area (Å²) in [7, 11) is 3.53. The van der Waals surface area contributed by atoms with Gasteiger partial charge in [0, 0.05) is 18.8 Å². The predicted octanol–water partition coefficient (Wildman–Crippen LogP) is 3.00. The van der Waals surface area contributed by atoms with Gasteiger partial charge in [0.2, 0.25) is 0 Å². The molecule has 30 heavy (non-hydrogen) atoms.